The number of halogens is 1. The molecule has 2 aromatic carbocycles. The molecule has 1 fully saturated rings. The van der Waals surface area contributed by atoms with Gasteiger partial charge < -0.3 is 20.7 Å². The third kappa shape index (κ3) is 7.20. The normalized spacial score (nSPS) is 14.9. The highest BCUT2D eigenvalue weighted by molar-refractivity contribution is 5.96. The maximum Gasteiger partial charge on any atom is 0.251 e. The van der Waals surface area contributed by atoms with E-state index >= 15 is 0 Å². The van der Waals surface area contributed by atoms with E-state index in [4.69, 9.17) is 4.74 Å². The van der Waals surface area contributed by atoms with Crippen LogP contribution in [0.15, 0.2) is 42.5 Å². The zero-order valence-electron chi connectivity index (χ0n) is 19.5. The lowest BCUT2D eigenvalue weighted by atomic mass is 9.79. The molecule has 3 N–H and O–H groups in total. The topological polar surface area (TPSA) is 79.5 Å². The molecule has 0 radical (unpaired) electrons. The summed E-state index contributed by atoms with van der Waals surface area (Å²) in [5.41, 5.74) is 1.96. The predicted molar refractivity (Wildman–Crippen MR) is 128 cm³/mol. The van der Waals surface area contributed by atoms with Crippen LogP contribution in [-0.2, 0) is 4.79 Å². The molecule has 0 aromatic heterocycles. The zero-order valence-corrected chi connectivity index (χ0v) is 19.5. The zero-order chi connectivity index (χ0) is 23.6. The second-order valence-electron chi connectivity index (χ2n) is 8.62. The standard InChI is InChI=1S/C26H34FN3O3/c1-18-8-9-20(27)16-23(18)25(31)30-17-24(19-6-4-3-5-7-19)26(32)29-15-14-28-21-10-12-22(33-2)13-11-21/h8-13,16,19,24,28H,3-7,14-15,17H2,1-2H3,(H,29,32)(H,30,31). The van der Waals surface area contributed by atoms with Crippen LogP contribution in [0.3, 0.4) is 0 Å². The van der Waals surface area contributed by atoms with Crippen molar-refractivity contribution in [3.8, 4) is 5.75 Å². The summed E-state index contributed by atoms with van der Waals surface area (Å²) >= 11 is 0. The van der Waals surface area contributed by atoms with Crippen molar-refractivity contribution in [2.75, 3.05) is 32.1 Å². The highest BCUT2D eigenvalue weighted by atomic mass is 19.1. The number of carbonyl (C=O) groups excluding carboxylic acids is 2. The molecule has 0 aliphatic heterocycles. The molecule has 0 bridgehead atoms. The van der Waals surface area contributed by atoms with E-state index in [9.17, 15) is 14.0 Å². The summed E-state index contributed by atoms with van der Waals surface area (Å²) in [6.07, 6.45) is 5.36. The maximum absolute atomic E-state index is 13.6. The monoisotopic (exact) mass is 455 g/mol. The fourth-order valence-corrected chi connectivity index (χ4v) is 4.38. The number of hydrogen-bond acceptors (Lipinski definition) is 4. The van der Waals surface area contributed by atoms with E-state index in [2.05, 4.69) is 16.0 Å². The number of benzene rings is 2. The molecule has 1 saturated carbocycles. The third-order valence-corrected chi connectivity index (χ3v) is 6.33. The average Bonchev–Trinajstić information content (AvgIpc) is 2.84. The highest BCUT2D eigenvalue weighted by Crippen LogP contribution is 2.30. The third-order valence-electron chi connectivity index (χ3n) is 6.33. The number of ether oxygens (including phenoxy) is 1. The Morgan fingerprint density at radius 1 is 1.03 bits per heavy atom. The second-order valence-corrected chi connectivity index (χ2v) is 8.62. The lowest BCUT2D eigenvalue weighted by molar-refractivity contribution is -0.126. The molecule has 1 aliphatic carbocycles. The van der Waals surface area contributed by atoms with Crippen LogP contribution in [0.2, 0.25) is 0 Å². The van der Waals surface area contributed by atoms with Gasteiger partial charge in [-0.25, -0.2) is 4.39 Å². The van der Waals surface area contributed by atoms with Crippen molar-refractivity contribution < 1.29 is 18.7 Å². The van der Waals surface area contributed by atoms with Crippen LogP contribution in [0.5, 0.6) is 5.75 Å². The number of anilines is 1. The molecule has 2 aromatic rings. The van der Waals surface area contributed by atoms with Crippen molar-refractivity contribution in [2.45, 2.75) is 39.0 Å². The minimum Gasteiger partial charge on any atom is -0.497 e. The molecule has 7 heteroatoms. The first-order valence-corrected chi connectivity index (χ1v) is 11.7. The Hall–Kier alpha value is -3.09. The van der Waals surface area contributed by atoms with Crippen molar-refractivity contribution in [2.24, 2.45) is 11.8 Å². The Kier molecular flexibility index (Phi) is 9.10. The van der Waals surface area contributed by atoms with Gasteiger partial charge in [-0.1, -0.05) is 25.3 Å². The Bertz CT molecular complexity index is 927. The minimum atomic E-state index is -0.448. The molecular formula is C26H34FN3O3. The number of hydrogen-bond donors (Lipinski definition) is 3. The Morgan fingerprint density at radius 2 is 1.76 bits per heavy atom. The summed E-state index contributed by atoms with van der Waals surface area (Å²) in [6, 6.07) is 11.8. The first kappa shape index (κ1) is 24.6. The van der Waals surface area contributed by atoms with E-state index in [1.807, 2.05) is 24.3 Å². The maximum atomic E-state index is 13.6. The van der Waals surface area contributed by atoms with Crippen molar-refractivity contribution in [3.05, 3.63) is 59.4 Å². The molecule has 33 heavy (non-hydrogen) atoms. The number of methoxy groups -OCH3 is 1. The largest absolute Gasteiger partial charge is 0.497 e. The van der Waals surface area contributed by atoms with E-state index in [0.29, 0.717) is 24.2 Å². The van der Waals surface area contributed by atoms with Crippen LogP contribution in [-0.4, -0.2) is 38.6 Å². The quantitative estimate of drug-likeness (QED) is 0.467. The van der Waals surface area contributed by atoms with Gasteiger partial charge in [-0.2, -0.15) is 0 Å². The fraction of sp³-hybridized carbons (Fsp3) is 0.462. The van der Waals surface area contributed by atoms with Crippen molar-refractivity contribution in [1.82, 2.24) is 10.6 Å². The van der Waals surface area contributed by atoms with E-state index in [1.54, 1.807) is 20.1 Å². The van der Waals surface area contributed by atoms with Gasteiger partial charge >= 0.3 is 0 Å². The van der Waals surface area contributed by atoms with E-state index < -0.39 is 5.82 Å². The average molecular weight is 456 g/mol. The van der Waals surface area contributed by atoms with Crippen molar-refractivity contribution in [1.29, 1.82) is 0 Å². The van der Waals surface area contributed by atoms with E-state index in [0.717, 1.165) is 37.1 Å². The summed E-state index contributed by atoms with van der Waals surface area (Å²) in [5, 5.41) is 9.18. The molecule has 0 spiro atoms. The molecule has 0 heterocycles. The minimum absolute atomic E-state index is 0.0466. The Morgan fingerprint density at radius 3 is 2.45 bits per heavy atom. The first-order chi connectivity index (χ1) is 16.0. The highest BCUT2D eigenvalue weighted by Gasteiger charge is 2.30. The SMILES string of the molecule is COc1ccc(NCCNC(=O)C(CNC(=O)c2cc(F)ccc2C)C2CCCCC2)cc1. The number of aryl methyl sites for hydroxylation is 1. The summed E-state index contributed by atoms with van der Waals surface area (Å²) in [5.74, 6) is -0.112. The number of rotatable bonds is 10. The second kappa shape index (κ2) is 12.2. The molecule has 1 atom stereocenters. The summed E-state index contributed by atoms with van der Waals surface area (Å²) in [6.45, 7) is 3.09. The molecule has 3 rings (SSSR count). The van der Waals surface area contributed by atoms with E-state index in [1.165, 1.54) is 18.6 Å². The summed E-state index contributed by atoms with van der Waals surface area (Å²) < 4.78 is 18.8. The molecule has 1 unspecified atom stereocenters. The van der Waals surface area contributed by atoms with Crippen LogP contribution in [0.25, 0.3) is 0 Å². The number of amides is 2. The molecular weight excluding hydrogens is 421 g/mol. The smallest absolute Gasteiger partial charge is 0.251 e. The molecule has 2 amide bonds. The van der Waals surface area contributed by atoms with Crippen LogP contribution >= 0.6 is 0 Å². The number of carbonyl (C=O) groups is 2. The predicted octanol–water partition coefficient (Wildman–Crippen LogP) is 4.30. The molecule has 0 saturated heterocycles. The lowest BCUT2D eigenvalue weighted by Gasteiger charge is -2.29. The Labute approximate surface area is 195 Å². The van der Waals surface area contributed by atoms with Crippen LogP contribution < -0.4 is 20.7 Å². The fourth-order valence-electron chi connectivity index (χ4n) is 4.38. The van der Waals surface area contributed by atoms with Crippen LogP contribution in [0.4, 0.5) is 10.1 Å². The van der Waals surface area contributed by atoms with Gasteiger partial charge in [-0.05, 0) is 67.6 Å². The van der Waals surface area contributed by atoms with Gasteiger partial charge in [0.1, 0.15) is 11.6 Å². The molecule has 178 valence electrons. The van der Waals surface area contributed by atoms with Gasteiger partial charge in [0.15, 0.2) is 0 Å². The van der Waals surface area contributed by atoms with Gasteiger partial charge in [0, 0.05) is 30.9 Å². The van der Waals surface area contributed by atoms with Gasteiger partial charge in [-0.3, -0.25) is 9.59 Å². The Balaban J connectivity index is 1.54. The van der Waals surface area contributed by atoms with Crippen LogP contribution in [0.1, 0.15) is 48.0 Å². The van der Waals surface area contributed by atoms with E-state index in [-0.39, 0.29) is 30.2 Å². The van der Waals surface area contributed by atoms with Crippen LogP contribution in [0, 0.1) is 24.6 Å². The number of nitrogens with one attached hydrogen (secondary N) is 3. The van der Waals surface area contributed by atoms with Crippen molar-refractivity contribution >= 4 is 17.5 Å². The van der Waals surface area contributed by atoms with Gasteiger partial charge in [0.2, 0.25) is 5.91 Å². The lowest BCUT2D eigenvalue weighted by Crippen LogP contribution is -2.44. The summed E-state index contributed by atoms with van der Waals surface area (Å²) in [7, 11) is 1.63. The van der Waals surface area contributed by atoms with Gasteiger partial charge in [0.25, 0.3) is 5.91 Å². The first-order valence-electron chi connectivity index (χ1n) is 11.7. The molecule has 6 nitrogen and oxygen atoms in total. The van der Waals surface area contributed by atoms with Gasteiger partial charge in [0.05, 0.1) is 13.0 Å². The molecule has 1 aliphatic rings. The summed E-state index contributed by atoms with van der Waals surface area (Å²) in [4.78, 5) is 25.7. The van der Waals surface area contributed by atoms with Gasteiger partial charge in [-0.15, -0.1) is 0 Å². The van der Waals surface area contributed by atoms with Crippen molar-refractivity contribution in [3.63, 3.8) is 0 Å².